The monoisotopic (exact) mass is 1450 g/mol. The lowest BCUT2D eigenvalue weighted by atomic mass is 10.0. The van der Waals surface area contributed by atoms with Crippen molar-refractivity contribution in [1.82, 2.24) is 0 Å². The highest BCUT2D eigenvalue weighted by Gasteiger charge is 2.30. The fourth-order valence-electron chi connectivity index (χ4n) is 10.5. The summed E-state index contributed by atoms with van der Waals surface area (Å²) in [5.41, 5.74) is 0. The predicted molar refractivity (Wildman–Crippen MR) is 409 cm³/mol. The van der Waals surface area contributed by atoms with Gasteiger partial charge in [0.1, 0.15) is 19.3 Å². The van der Waals surface area contributed by atoms with E-state index < -0.39 is 97.5 Å². The van der Waals surface area contributed by atoms with Crippen LogP contribution >= 0.6 is 15.6 Å². The van der Waals surface area contributed by atoms with Crippen molar-refractivity contribution in [3.63, 3.8) is 0 Å². The molecule has 0 bridgehead atoms. The number of hydrogen-bond acceptors (Lipinski definition) is 15. The van der Waals surface area contributed by atoms with Crippen LogP contribution in [0.2, 0.25) is 0 Å². The molecule has 0 radical (unpaired) electrons. The summed E-state index contributed by atoms with van der Waals surface area (Å²) in [5.74, 6) is -2.26. The van der Waals surface area contributed by atoms with Crippen molar-refractivity contribution in [2.75, 3.05) is 39.6 Å². The number of allylic oxidation sites excluding steroid dienone is 16. The molecular formula is C81H142O17P2. The molecule has 2 unspecified atom stereocenters. The number of carbonyl (C=O) groups is 4. The van der Waals surface area contributed by atoms with Crippen LogP contribution in [0.4, 0.5) is 0 Å². The Morgan fingerprint density at radius 1 is 0.290 bits per heavy atom. The first-order valence-electron chi connectivity index (χ1n) is 39.5. The number of hydrogen-bond donors (Lipinski definition) is 3. The van der Waals surface area contributed by atoms with Crippen molar-refractivity contribution < 1.29 is 80.2 Å². The molecule has 0 aliphatic rings. The molecule has 0 rings (SSSR count). The molecule has 0 amide bonds. The number of phosphoric acid groups is 2. The molecule has 0 aliphatic heterocycles. The fraction of sp³-hybridized carbons (Fsp3) is 0.753. The summed E-state index contributed by atoms with van der Waals surface area (Å²) < 4.78 is 68.5. The number of aliphatic hydroxyl groups is 1. The second-order valence-electron chi connectivity index (χ2n) is 26.4. The molecular weight excluding hydrogens is 1310 g/mol. The summed E-state index contributed by atoms with van der Waals surface area (Å²) in [5, 5.41) is 10.6. The molecule has 0 aromatic heterocycles. The van der Waals surface area contributed by atoms with Gasteiger partial charge in [-0.15, -0.1) is 0 Å². The van der Waals surface area contributed by atoms with E-state index in [-0.39, 0.29) is 25.7 Å². The average molecular weight is 1450 g/mol. The zero-order chi connectivity index (χ0) is 73.2. The summed E-state index contributed by atoms with van der Waals surface area (Å²) >= 11 is 0. The van der Waals surface area contributed by atoms with Gasteiger partial charge >= 0.3 is 39.5 Å². The molecule has 17 nitrogen and oxygen atoms in total. The number of phosphoric ester groups is 2. The molecule has 0 spiro atoms. The van der Waals surface area contributed by atoms with E-state index in [1.165, 1.54) is 128 Å². The van der Waals surface area contributed by atoms with Gasteiger partial charge in [-0.3, -0.25) is 37.3 Å². The van der Waals surface area contributed by atoms with Gasteiger partial charge in [-0.05, 0) is 116 Å². The molecule has 578 valence electrons. The van der Waals surface area contributed by atoms with Crippen LogP contribution in [-0.2, 0) is 65.4 Å². The maximum Gasteiger partial charge on any atom is 0.472 e. The second-order valence-corrected chi connectivity index (χ2v) is 29.3. The number of esters is 4. The lowest BCUT2D eigenvalue weighted by molar-refractivity contribution is -0.161. The molecule has 3 N–H and O–H groups in total. The third-order valence-corrected chi connectivity index (χ3v) is 18.5. The maximum atomic E-state index is 13.1. The van der Waals surface area contributed by atoms with Crippen LogP contribution in [0.15, 0.2) is 97.2 Å². The quantitative estimate of drug-likeness (QED) is 0.0128. The van der Waals surface area contributed by atoms with Gasteiger partial charge in [0.25, 0.3) is 0 Å². The first kappa shape index (κ1) is 96.0. The Morgan fingerprint density at radius 2 is 0.530 bits per heavy atom. The molecule has 0 aliphatic carbocycles. The number of aliphatic hydroxyl groups excluding tert-OH is 1. The largest absolute Gasteiger partial charge is 0.472 e. The molecule has 19 heteroatoms. The molecule has 0 aromatic rings. The van der Waals surface area contributed by atoms with Gasteiger partial charge in [0, 0.05) is 25.7 Å². The lowest BCUT2D eigenvalue weighted by Crippen LogP contribution is -2.30. The Hall–Kier alpha value is -4.02. The Bertz CT molecular complexity index is 2270. The average Bonchev–Trinajstić information content (AvgIpc) is 0.945. The fourth-order valence-corrected chi connectivity index (χ4v) is 12.1. The smallest absolute Gasteiger partial charge is 0.462 e. The topological polar surface area (TPSA) is 237 Å². The van der Waals surface area contributed by atoms with E-state index in [4.69, 9.17) is 37.0 Å². The van der Waals surface area contributed by atoms with Crippen molar-refractivity contribution in [1.29, 1.82) is 0 Å². The van der Waals surface area contributed by atoms with Crippen molar-refractivity contribution in [2.45, 2.75) is 354 Å². The molecule has 5 atom stereocenters. The van der Waals surface area contributed by atoms with Crippen LogP contribution < -0.4 is 0 Å². The summed E-state index contributed by atoms with van der Waals surface area (Å²) in [7, 11) is -9.97. The second kappa shape index (κ2) is 73.3. The Balaban J connectivity index is 5.42. The van der Waals surface area contributed by atoms with Gasteiger partial charge in [0.2, 0.25) is 0 Å². The van der Waals surface area contributed by atoms with Crippen LogP contribution in [0, 0.1) is 0 Å². The summed E-state index contributed by atoms with van der Waals surface area (Å²) in [6.07, 6.45) is 76.8. The number of unbranched alkanes of at least 4 members (excludes halogenated alkanes) is 34. The standard InChI is InChI=1S/C81H142O17P2/c1-5-9-13-17-21-25-29-33-36-37-40-42-46-50-54-58-62-66-79(84)92-72-77(98-81(86)68-64-60-56-52-48-44-39-35-31-27-23-19-15-11-7-3)74-96-100(89,90)94-70-75(82)69-93-99(87,88)95-73-76(71-91-78(83)65-61-57-53-49-45-41-32-28-24-20-16-12-8-4)97-80(85)67-63-59-55-51-47-43-38-34-30-26-22-18-14-10-6-2/h21,25-27,30-31,33-36,38-40,42,50,54,75-77,82H,5-20,22-24,28-29,32,37,41,43-49,51-53,55-74H2,1-4H3,(H,87,88)(H,89,90)/b25-21-,30-26-,31-27-,36-33-,38-34-,39-35-,42-40-,54-50-/t75-,76-,77-/m1/s1. The summed E-state index contributed by atoms with van der Waals surface area (Å²) in [6, 6.07) is 0. The van der Waals surface area contributed by atoms with E-state index in [9.17, 15) is 43.2 Å². The highest BCUT2D eigenvalue weighted by Crippen LogP contribution is 2.45. The number of ether oxygens (including phenoxy) is 4. The van der Waals surface area contributed by atoms with Gasteiger partial charge in [0.15, 0.2) is 12.2 Å². The first-order valence-corrected chi connectivity index (χ1v) is 42.5. The normalized spacial score (nSPS) is 14.4. The van der Waals surface area contributed by atoms with Crippen molar-refractivity contribution >= 4 is 39.5 Å². The van der Waals surface area contributed by atoms with Crippen LogP contribution in [0.3, 0.4) is 0 Å². The highest BCUT2D eigenvalue weighted by atomic mass is 31.2. The third-order valence-electron chi connectivity index (χ3n) is 16.6. The first-order chi connectivity index (χ1) is 48.7. The van der Waals surface area contributed by atoms with Gasteiger partial charge < -0.3 is 33.8 Å². The minimum atomic E-state index is -4.99. The number of carbonyl (C=O) groups excluding carboxylic acids is 4. The molecule has 0 saturated heterocycles. The zero-order valence-electron chi connectivity index (χ0n) is 63.1. The van der Waals surface area contributed by atoms with Crippen LogP contribution in [0.1, 0.15) is 336 Å². The van der Waals surface area contributed by atoms with Gasteiger partial charge in [-0.1, -0.05) is 292 Å². The van der Waals surface area contributed by atoms with Gasteiger partial charge in [0.05, 0.1) is 26.4 Å². The number of rotatable bonds is 74. The lowest BCUT2D eigenvalue weighted by Gasteiger charge is -2.21. The maximum absolute atomic E-state index is 13.1. The van der Waals surface area contributed by atoms with Crippen LogP contribution in [0.25, 0.3) is 0 Å². The molecule has 100 heavy (non-hydrogen) atoms. The Kier molecular flexibility index (Phi) is 70.4. The minimum absolute atomic E-state index is 0.0656. The molecule has 0 saturated carbocycles. The highest BCUT2D eigenvalue weighted by molar-refractivity contribution is 7.47. The van der Waals surface area contributed by atoms with E-state index in [2.05, 4.69) is 113 Å². The molecule has 0 aromatic carbocycles. The van der Waals surface area contributed by atoms with Crippen molar-refractivity contribution in [3.05, 3.63) is 97.2 Å². The summed E-state index contributed by atoms with van der Waals surface area (Å²) in [6.45, 7) is 4.74. The zero-order valence-corrected chi connectivity index (χ0v) is 64.9. The minimum Gasteiger partial charge on any atom is -0.462 e. The van der Waals surface area contributed by atoms with Crippen molar-refractivity contribution in [3.8, 4) is 0 Å². The Morgan fingerprint density at radius 3 is 0.880 bits per heavy atom. The van der Waals surface area contributed by atoms with Gasteiger partial charge in [-0.2, -0.15) is 0 Å². The SMILES string of the molecule is CCCCC/C=C\C/C=C\C/C=C\C/C=C\CCCC(=O)OC[C@H](COP(=O)(O)OC[C@H](O)COP(=O)(O)OC[C@@H](COC(=O)CCCCCCCCCCCCCCC)OC(=O)CCCCCCC/C=C\C=C/CCCCCC)OC(=O)CCCCCCC/C=C\C=C/CCCCCC. The van der Waals surface area contributed by atoms with E-state index in [0.717, 1.165) is 122 Å². The van der Waals surface area contributed by atoms with E-state index in [1.807, 2.05) is 12.2 Å². The van der Waals surface area contributed by atoms with Crippen LogP contribution in [-0.4, -0.2) is 96.7 Å². The van der Waals surface area contributed by atoms with E-state index in [1.54, 1.807) is 0 Å². The van der Waals surface area contributed by atoms with Gasteiger partial charge in [-0.25, -0.2) is 9.13 Å². The molecule has 0 fully saturated rings. The summed E-state index contributed by atoms with van der Waals surface area (Å²) in [4.78, 5) is 72.9. The van der Waals surface area contributed by atoms with E-state index in [0.29, 0.717) is 32.1 Å². The Labute approximate surface area is 607 Å². The van der Waals surface area contributed by atoms with E-state index >= 15 is 0 Å². The van der Waals surface area contributed by atoms with Crippen LogP contribution in [0.5, 0.6) is 0 Å². The third kappa shape index (κ3) is 72.3. The molecule has 0 heterocycles. The predicted octanol–water partition coefficient (Wildman–Crippen LogP) is 22.8. The van der Waals surface area contributed by atoms with Crippen molar-refractivity contribution in [2.24, 2.45) is 0 Å².